The summed E-state index contributed by atoms with van der Waals surface area (Å²) in [6.45, 7) is 0.781. The number of nitrogens with one attached hydrogen (secondary N) is 1. The minimum absolute atomic E-state index is 0.137. The number of ether oxygens (including phenoxy) is 1. The van der Waals surface area contributed by atoms with Crippen molar-refractivity contribution in [2.24, 2.45) is 11.5 Å². The second-order valence-electron chi connectivity index (χ2n) is 4.94. The molecular weight excluding hydrogens is 320 g/mol. The molecule has 1 aliphatic rings. The van der Waals surface area contributed by atoms with Crippen molar-refractivity contribution in [2.45, 2.75) is 18.9 Å². The van der Waals surface area contributed by atoms with Gasteiger partial charge < -0.3 is 21.1 Å². The van der Waals surface area contributed by atoms with E-state index < -0.39 is 24.1 Å². The third-order valence-electron chi connectivity index (χ3n) is 3.29. The van der Waals surface area contributed by atoms with Gasteiger partial charge in [-0.25, -0.2) is 14.4 Å². The van der Waals surface area contributed by atoms with Crippen LogP contribution in [0.25, 0.3) is 0 Å². The predicted octanol–water partition coefficient (Wildman–Crippen LogP) is 0.920. The molecule has 5 N–H and O–H groups in total. The highest BCUT2D eigenvalue weighted by Crippen LogP contribution is 2.29. The second kappa shape index (κ2) is 7.02. The van der Waals surface area contributed by atoms with Gasteiger partial charge in [-0.1, -0.05) is 5.92 Å². The van der Waals surface area contributed by atoms with E-state index in [4.69, 9.17) is 22.6 Å². The summed E-state index contributed by atoms with van der Waals surface area (Å²) in [5.41, 5.74) is 10.4. The van der Waals surface area contributed by atoms with Gasteiger partial charge in [0.15, 0.2) is 0 Å². The number of anilines is 1. The van der Waals surface area contributed by atoms with Crippen LogP contribution in [0.1, 0.15) is 28.1 Å². The molecule has 2 rings (SSSR count). The fraction of sp³-hybridized carbons (Fsp3) is 0.357. The van der Waals surface area contributed by atoms with Gasteiger partial charge in [-0.3, -0.25) is 5.32 Å². The first-order valence-corrected chi connectivity index (χ1v) is 7.64. The summed E-state index contributed by atoms with van der Waals surface area (Å²) in [4.78, 5) is 36.4. The van der Waals surface area contributed by atoms with Gasteiger partial charge >= 0.3 is 18.0 Å². The maximum absolute atomic E-state index is 12.3. The van der Waals surface area contributed by atoms with Crippen molar-refractivity contribution in [3.63, 3.8) is 0 Å². The van der Waals surface area contributed by atoms with Crippen LogP contribution in [-0.2, 0) is 4.74 Å². The lowest BCUT2D eigenvalue weighted by Crippen LogP contribution is -2.46. The molecule has 1 fully saturated rings. The molecule has 23 heavy (non-hydrogen) atoms. The lowest BCUT2D eigenvalue weighted by atomic mass is 10.1. The van der Waals surface area contributed by atoms with E-state index in [2.05, 4.69) is 11.2 Å². The van der Waals surface area contributed by atoms with Gasteiger partial charge in [0.2, 0.25) is 0 Å². The Labute approximate surface area is 136 Å². The predicted molar refractivity (Wildman–Crippen MR) is 85.1 cm³/mol. The van der Waals surface area contributed by atoms with Gasteiger partial charge in [-0.05, 0) is 18.9 Å². The lowest BCUT2D eigenvalue weighted by Gasteiger charge is -2.31. The zero-order valence-corrected chi connectivity index (χ0v) is 13.0. The first-order valence-electron chi connectivity index (χ1n) is 6.83. The molecule has 0 aliphatic carbocycles. The Bertz CT molecular complexity index is 679. The third-order valence-corrected chi connectivity index (χ3v) is 4.28. The molecule has 2 heterocycles. The van der Waals surface area contributed by atoms with Gasteiger partial charge in [0.25, 0.3) is 0 Å². The summed E-state index contributed by atoms with van der Waals surface area (Å²) in [5, 5.41) is 2.58. The van der Waals surface area contributed by atoms with E-state index in [1.807, 2.05) is 0 Å². The van der Waals surface area contributed by atoms with E-state index in [-0.39, 0.29) is 17.1 Å². The average molecular weight is 336 g/mol. The number of likely N-dealkylation sites (tertiary alicyclic amines) is 1. The number of primary amides is 2. The molecule has 8 nitrogen and oxygen atoms in total. The van der Waals surface area contributed by atoms with Crippen LogP contribution >= 0.6 is 11.3 Å². The highest BCUT2D eigenvalue weighted by Gasteiger charge is 2.27. The average Bonchev–Trinajstić information content (AvgIpc) is 2.89. The number of nitrogens with zero attached hydrogens (tertiary/aromatic N) is 1. The fourth-order valence-corrected chi connectivity index (χ4v) is 3.13. The lowest BCUT2D eigenvalue weighted by molar-refractivity contribution is 0.0129. The van der Waals surface area contributed by atoms with E-state index in [9.17, 15) is 14.4 Å². The standard InChI is InChI=1S/C14H16N4O4S/c1-2-9-6-10(11(23-9)17-13(15)20)12(19)22-8-4-3-5-18(7-8)14(16)21/h1,6,8H,3-5,7H2,(H2,16,21)(H3,15,17,20). The molecule has 0 bridgehead atoms. The Morgan fingerprint density at radius 3 is 2.78 bits per heavy atom. The molecule has 0 spiro atoms. The molecule has 122 valence electrons. The van der Waals surface area contributed by atoms with E-state index in [0.29, 0.717) is 24.3 Å². The largest absolute Gasteiger partial charge is 0.457 e. The molecule has 1 saturated heterocycles. The smallest absolute Gasteiger partial charge is 0.341 e. The van der Waals surface area contributed by atoms with Crippen molar-refractivity contribution < 1.29 is 19.1 Å². The number of rotatable bonds is 3. The Hall–Kier alpha value is -2.73. The first-order chi connectivity index (χ1) is 10.9. The summed E-state index contributed by atoms with van der Waals surface area (Å²) in [6.07, 6.45) is 6.16. The van der Waals surface area contributed by atoms with E-state index in [1.54, 1.807) is 0 Å². The van der Waals surface area contributed by atoms with Gasteiger partial charge in [0.1, 0.15) is 11.1 Å². The number of hydrogen-bond donors (Lipinski definition) is 3. The van der Waals surface area contributed by atoms with Crippen molar-refractivity contribution in [1.29, 1.82) is 0 Å². The molecule has 0 radical (unpaired) electrons. The van der Waals surface area contributed by atoms with Crippen molar-refractivity contribution in [3.05, 3.63) is 16.5 Å². The summed E-state index contributed by atoms with van der Waals surface area (Å²) in [5.74, 6) is 1.75. The molecule has 1 atom stereocenters. The maximum atomic E-state index is 12.3. The first kappa shape index (κ1) is 16.6. The monoisotopic (exact) mass is 336 g/mol. The molecule has 1 aromatic heterocycles. The third kappa shape index (κ3) is 4.14. The molecule has 4 amide bonds. The number of thiophene rings is 1. The fourth-order valence-electron chi connectivity index (χ4n) is 2.27. The van der Waals surface area contributed by atoms with Gasteiger partial charge in [0.05, 0.1) is 17.0 Å². The quantitative estimate of drug-likeness (QED) is 0.560. The number of esters is 1. The number of terminal acetylenes is 1. The van der Waals surface area contributed by atoms with Crippen LogP contribution in [0, 0.1) is 12.3 Å². The molecular formula is C14H16N4O4S. The van der Waals surface area contributed by atoms with Crippen molar-refractivity contribution in [1.82, 2.24) is 4.90 Å². The van der Waals surface area contributed by atoms with Gasteiger partial charge in [-0.2, -0.15) is 0 Å². The molecule has 9 heteroatoms. The van der Waals surface area contributed by atoms with Gasteiger partial charge in [0, 0.05) is 6.54 Å². The maximum Gasteiger partial charge on any atom is 0.341 e. The van der Waals surface area contributed by atoms with Crippen LogP contribution in [0.15, 0.2) is 6.07 Å². The van der Waals surface area contributed by atoms with Crippen LogP contribution in [0.5, 0.6) is 0 Å². The van der Waals surface area contributed by atoms with E-state index in [1.165, 1.54) is 11.0 Å². The number of amides is 4. The van der Waals surface area contributed by atoms with Crippen LogP contribution < -0.4 is 16.8 Å². The zero-order chi connectivity index (χ0) is 17.0. The van der Waals surface area contributed by atoms with Crippen molar-refractivity contribution in [3.8, 4) is 12.3 Å². The minimum Gasteiger partial charge on any atom is -0.457 e. The SMILES string of the molecule is C#Cc1cc(C(=O)OC2CCCN(C(N)=O)C2)c(NC(N)=O)s1. The van der Waals surface area contributed by atoms with E-state index in [0.717, 1.165) is 11.3 Å². The number of carbonyl (C=O) groups is 3. The molecule has 1 aromatic rings. The van der Waals surface area contributed by atoms with Crippen LogP contribution in [0.4, 0.5) is 14.6 Å². The normalized spacial score (nSPS) is 17.2. The molecule has 0 saturated carbocycles. The highest BCUT2D eigenvalue weighted by atomic mass is 32.1. The molecule has 0 aromatic carbocycles. The topological polar surface area (TPSA) is 128 Å². The number of carbonyl (C=O) groups excluding carboxylic acids is 3. The van der Waals surface area contributed by atoms with Crippen LogP contribution in [0.3, 0.4) is 0 Å². The molecule has 1 aliphatic heterocycles. The Morgan fingerprint density at radius 2 is 2.17 bits per heavy atom. The number of nitrogens with two attached hydrogens (primary N) is 2. The van der Waals surface area contributed by atoms with Crippen molar-refractivity contribution in [2.75, 3.05) is 18.4 Å². The number of piperidine rings is 1. The second-order valence-corrected chi connectivity index (χ2v) is 5.99. The summed E-state index contributed by atoms with van der Waals surface area (Å²) < 4.78 is 5.40. The van der Waals surface area contributed by atoms with Crippen LogP contribution in [0.2, 0.25) is 0 Å². The minimum atomic E-state index is -0.804. The Morgan fingerprint density at radius 1 is 1.43 bits per heavy atom. The summed E-state index contributed by atoms with van der Waals surface area (Å²) >= 11 is 1.05. The number of hydrogen-bond acceptors (Lipinski definition) is 5. The zero-order valence-electron chi connectivity index (χ0n) is 12.2. The summed E-state index contributed by atoms with van der Waals surface area (Å²) in [7, 11) is 0. The molecule has 1 unspecified atom stereocenters. The van der Waals surface area contributed by atoms with Crippen LogP contribution in [-0.4, -0.2) is 42.1 Å². The number of urea groups is 2. The summed E-state index contributed by atoms with van der Waals surface area (Å²) in [6, 6.07) is 0.0986. The Kier molecular flexibility index (Phi) is 5.08. The Balaban J connectivity index is 2.11. The highest BCUT2D eigenvalue weighted by molar-refractivity contribution is 7.17. The van der Waals surface area contributed by atoms with Gasteiger partial charge in [-0.15, -0.1) is 17.8 Å². The van der Waals surface area contributed by atoms with Crippen molar-refractivity contribution >= 4 is 34.4 Å². The van der Waals surface area contributed by atoms with E-state index >= 15 is 0 Å².